The summed E-state index contributed by atoms with van der Waals surface area (Å²) in [6.07, 6.45) is 1.80. The van der Waals surface area contributed by atoms with Crippen LogP contribution in [0.5, 0.6) is 0 Å². The van der Waals surface area contributed by atoms with Crippen LogP contribution < -0.4 is 5.73 Å². The van der Waals surface area contributed by atoms with Gasteiger partial charge in [-0.25, -0.2) is 4.98 Å². The normalized spacial score (nSPS) is 9.75. The van der Waals surface area contributed by atoms with Crippen molar-refractivity contribution >= 4 is 39.1 Å². The summed E-state index contributed by atoms with van der Waals surface area (Å²) < 4.78 is 1.05. The molecule has 0 bridgehead atoms. The number of aryl methyl sites for hydroxylation is 1. The Kier molecular flexibility index (Phi) is 2.49. The Morgan fingerprint density at radius 2 is 2.25 bits per heavy atom. The summed E-state index contributed by atoms with van der Waals surface area (Å²) in [4.78, 5) is 8.27. The molecule has 2 aromatic heterocycles. The molecule has 12 heavy (non-hydrogen) atoms. The van der Waals surface area contributed by atoms with E-state index in [4.69, 9.17) is 5.73 Å². The Morgan fingerprint density at radius 3 is 3.00 bits per heavy atom. The summed E-state index contributed by atoms with van der Waals surface area (Å²) in [5.41, 5.74) is 7.44. The lowest BCUT2D eigenvalue weighted by atomic mass is 10.3. The van der Waals surface area contributed by atoms with Gasteiger partial charge in [-0.1, -0.05) is 11.3 Å². The molecular weight excluding hydrogens is 194 g/mol. The highest BCUT2D eigenvalue weighted by Crippen LogP contribution is 2.22. The molecule has 0 spiro atoms. The van der Waals surface area contributed by atoms with E-state index < -0.39 is 0 Å². The second-order valence-corrected chi connectivity index (χ2v) is 3.41. The van der Waals surface area contributed by atoms with Gasteiger partial charge in [0, 0.05) is 11.9 Å². The number of nitrogens with two attached hydrogens (primary N) is 1. The molecular formula is C7H8ClN3S. The summed E-state index contributed by atoms with van der Waals surface area (Å²) in [5, 5.41) is 0.604. The lowest BCUT2D eigenvalue weighted by Gasteiger charge is -1.87. The van der Waals surface area contributed by atoms with Crippen LogP contribution in [-0.4, -0.2) is 9.97 Å². The molecule has 0 unspecified atom stereocenters. The molecule has 0 aliphatic rings. The Hall–Kier alpha value is -0.870. The minimum atomic E-state index is 0. The number of pyridine rings is 1. The molecule has 0 saturated carbocycles. The van der Waals surface area contributed by atoms with Gasteiger partial charge in [-0.2, -0.15) is 0 Å². The molecule has 64 valence electrons. The standard InChI is InChI=1S/C7H7N3S.ClH/c1-4-2-5-6(3-9-4)11-7(8)10-5;/h2-3H,1H3,(H2,8,10);1H. The maximum absolute atomic E-state index is 5.52. The molecule has 5 heteroatoms. The molecule has 3 nitrogen and oxygen atoms in total. The molecule has 0 amide bonds. The van der Waals surface area contributed by atoms with Crippen LogP contribution in [0.2, 0.25) is 0 Å². The van der Waals surface area contributed by atoms with Crippen LogP contribution in [0.4, 0.5) is 5.13 Å². The molecule has 0 aliphatic carbocycles. The Labute approximate surface area is 80.1 Å². The number of halogens is 1. The Balaban J connectivity index is 0.000000720. The Bertz CT molecular complexity index is 398. The highest BCUT2D eigenvalue weighted by atomic mass is 35.5. The van der Waals surface area contributed by atoms with Gasteiger partial charge in [0.25, 0.3) is 0 Å². The molecule has 0 fully saturated rings. The summed E-state index contributed by atoms with van der Waals surface area (Å²) in [7, 11) is 0. The van der Waals surface area contributed by atoms with Gasteiger partial charge in [0.05, 0.1) is 10.2 Å². The van der Waals surface area contributed by atoms with Crippen molar-refractivity contribution in [3.8, 4) is 0 Å². The number of aromatic nitrogens is 2. The third-order valence-electron chi connectivity index (χ3n) is 1.43. The van der Waals surface area contributed by atoms with Gasteiger partial charge in [-0.15, -0.1) is 12.4 Å². The van der Waals surface area contributed by atoms with Gasteiger partial charge < -0.3 is 5.73 Å². The van der Waals surface area contributed by atoms with E-state index in [2.05, 4.69) is 9.97 Å². The first-order valence-electron chi connectivity index (χ1n) is 3.24. The monoisotopic (exact) mass is 201 g/mol. The first-order chi connectivity index (χ1) is 5.25. The van der Waals surface area contributed by atoms with Gasteiger partial charge in [0.2, 0.25) is 0 Å². The SMILES string of the molecule is Cc1cc2nc(N)sc2cn1.Cl. The molecule has 2 heterocycles. The number of fused-ring (bicyclic) bond motifs is 1. The van der Waals surface area contributed by atoms with E-state index in [1.165, 1.54) is 11.3 Å². The summed E-state index contributed by atoms with van der Waals surface area (Å²) >= 11 is 1.46. The van der Waals surface area contributed by atoms with E-state index in [0.717, 1.165) is 15.9 Å². The summed E-state index contributed by atoms with van der Waals surface area (Å²) in [6.45, 7) is 1.94. The number of thiazole rings is 1. The molecule has 0 radical (unpaired) electrons. The maximum Gasteiger partial charge on any atom is 0.181 e. The van der Waals surface area contributed by atoms with Crippen LogP contribution in [0, 0.1) is 6.92 Å². The first-order valence-corrected chi connectivity index (χ1v) is 4.06. The van der Waals surface area contributed by atoms with Crippen LogP contribution in [0.3, 0.4) is 0 Å². The topological polar surface area (TPSA) is 51.8 Å². The van der Waals surface area contributed by atoms with Crippen LogP contribution >= 0.6 is 23.7 Å². The fraction of sp³-hybridized carbons (Fsp3) is 0.143. The van der Waals surface area contributed by atoms with E-state index in [1.54, 1.807) is 6.20 Å². The van der Waals surface area contributed by atoms with Crippen molar-refractivity contribution in [1.82, 2.24) is 9.97 Å². The van der Waals surface area contributed by atoms with Crippen molar-refractivity contribution in [2.45, 2.75) is 6.92 Å². The molecule has 2 aromatic rings. The number of nitrogens with zero attached hydrogens (tertiary/aromatic N) is 2. The average Bonchev–Trinajstić information content (AvgIpc) is 2.27. The van der Waals surface area contributed by atoms with Gasteiger partial charge >= 0.3 is 0 Å². The number of rotatable bonds is 0. The van der Waals surface area contributed by atoms with Crippen LogP contribution in [0.25, 0.3) is 10.2 Å². The number of anilines is 1. The number of hydrogen-bond donors (Lipinski definition) is 1. The molecule has 2 rings (SSSR count). The molecule has 0 aliphatic heterocycles. The van der Waals surface area contributed by atoms with Gasteiger partial charge in [-0.3, -0.25) is 4.98 Å². The van der Waals surface area contributed by atoms with Gasteiger partial charge in [0.15, 0.2) is 5.13 Å². The predicted octanol–water partition coefficient (Wildman–Crippen LogP) is 2.00. The van der Waals surface area contributed by atoms with Crippen molar-refractivity contribution < 1.29 is 0 Å². The van der Waals surface area contributed by atoms with Crippen molar-refractivity contribution in [2.75, 3.05) is 5.73 Å². The molecule has 0 saturated heterocycles. The lowest BCUT2D eigenvalue weighted by molar-refractivity contribution is 1.22. The van der Waals surface area contributed by atoms with Crippen molar-refractivity contribution in [2.24, 2.45) is 0 Å². The zero-order valence-corrected chi connectivity index (χ0v) is 8.08. The van der Waals surface area contributed by atoms with E-state index >= 15 is 0 Å². The second-order valence-electron chi connectivity index (χ2n) is 2.35. The molecule has 2 N–H and O–H groups in total. The first kappa shape index (κ1) is 9.22. The third-order valence-corrected chi connectivity index (χ3v) is 2.26. The third kappa shape index (κ3) is 1.49. The second kappa shape index (κ2) is 3.25. The van der Waals surface area contributed by atoms with Crippen LogP contribution in [0.15, 0.2) is 12.3 Å². The minimum Gasteiger partial charge on any atom is -0.375 e. The minimum absolute atomic E-state index is 0. The average molecular weight is 202 g/mol. The predicted molar refractivity (Wildman–Crippen MR) is 53.8 cm³/mol. The van der Waals surface area contributed by atoms with Crippen LogP contribution in [-0.2, 0) is 0 Å². The van der Waals surface area contributed by atoms with E-state index in [-0.39, 0.29) is 12.4 Å². The van der Waals surface area contributed by atoms with Crippen molar-refractivity contribution in [3.05, 3.63) is 18.0 Å². The van der Waals surface area contributed by atoms with Gasteiger partial charge in [0.1, 0.15) is 0 Å². The van der Waals surface area contributed by atoms with Crippen molar-refractivity contribution in [3.63, 3.8) is 0 Å². The highest BCUT2D eigenvalue weighted by Gasteiger charge is 1.99. The fourth-order valence-corrected chi connectivity index (χ4v) is 1.64. The van der Waals surface area contributed by atoms with Crippen LogP contribution in [0.1, 0.15) is 5.69 Å². The Morgan fingerprint density at radius 1 is 1.50 bits per heavy atom. The summed E-state index contributed by atoms with van der Waals surface area (Å²) in [6, 6.07) is 1.93. The largest absolute Gasteiger partial charge is 0.375 e. The highest BCUT2D eigenvalue weighted by molar-refractivity contribution is 7.22. The lowest BCUT2D eigenvalue weighted by Crippen LogP contribution is -1.80. The van der Waals surface area contributed by atoms with Gasteiger partial charge in [-0.05, 0) is 13.0 Å². The zero-order chi connectivity index (χ0) is 7.84. The quantitative estimate of drug-likeness (QED) is 0.710. The summed E-state index contributed by atoms with van der Waals surface area (Å²) in [5.74, 6) is 0. The molecule has 0 atom stereocenters. The van der Waals surface area contributed by atoms with E-state index in [9.17, 15) is 0 Å². The fourth-order valence-electron chi connectivity index (χ4n) is 0.953. The molecule has 0 aromatic carbocycles. The van der Waals surface area contributed by atoms with E-state index in [1.807, 2.05) is 13.0 Å². The van der Waals surface area contributed by atoms with E-state index in [0.29, 0.717) is 5.13 Å². The van der Waals surface area contributed by atoms with Crippen molar-refractivity contribution in [1.29, 1.82) is 0 Å². The number of hydrogen-bond acceptors (Lipinski definition) is 4. The zero-order valence-electron chi connectivity index (χ0n) is 6.44. The maximum atomic E-state index is 5.52. The smallest absolute Gasteiger partial charge is 0.181 e. The number of nitrogen functional groups attached to an aromatic ring is 1.